The van der Waals surface area contributed by atoms with E-state index in [0.717, 1.165) is 31.1 Å². The highest BCUT2D eigenvalue weighted by molar-refractivity contribution is 9.10. The van der Waals surface area contributed by atoms with Gasteiger partial charge in [0, 0.05) is 20.8 Å². The number of halogens is 1. The first kappa shape index (κ1) is 21.0. The van der Waals surface area contributed by atoms with Gasteiger partial charge in [-0.2, -0.15) is 0 Å². The number of ether oxygens (including phenoxy) is 1. The summed E-state index contributed by atoms with van der Waals surface area (Å²) in [6, 6.07) is 25.8. The van der Waals surface area contributed by atoms with Crippen molar-refractivity contribution >= 4 is 45.0 Å². The number of rotatable bonds is 3. The predicted octanol–water partition coefficient (Wildman–Crippen LogP) is 6.23. The summed E-state index contributed by atoms with van der Waals surface area (Å²) in [5.74, 6) is -0.299. The molecule has 0 aliphatic carbocycles. The van der Waals surface area contributed by atoms with Gasteiger partial charge >= 0.3 is 10.8 Å². The summed E-state index contributed by atoms with van der Waals surface area (Å²) >= 11 is 6.44. The quantitative estimate of drug-likeness (QED) is 0.230. The zero-order valence-corrected chi connectivity index (χ0v) is 20.5. The van der Waals surface area contributed by atoms with Crippen molar-refractivity contribution in [2.45, 2.75) is 22.7 Å². The maximum Gasteiger partial charge on any atom is 0.316 e. The van der Waals surface area contributed by atoms with Crippen molar-refractivity contribution in [3.63, 3.8) is 0 Å². The maximum absolute atomic E-state index is 13.3. The minimum Gasteiger partial charge on any atom is -0.426 e. The van der Waals surface area contributed by atoms with Crippen molar-refractivity contribution in [2.24, 2.45) is 5.92 Å². The van der Waals surface area contributed by atoms with Crippen LogP contribution in [0.3, 0.4) is 0 Å². The third-order valence-corrected chi connectivity index (χ3v) is 9.35. The number of carbonyl (C=O) groups excluding carboxylic acids is 1. The van der Waals surface area contributed by atoms with Gasteiger partial charge in [0.2, 0.25) is 0 Å². The average Bonchev–Trinajstić information content (AvgIpc) is 3.15. The van der Waals surface area contributed by atoms with E-state index in [1.54, 1.807) is 11.8 Å². The summed E-state index contributed by atoms with van der Waals surface area (Å²) in [5, 5.41) is 0.795. The molecule has 3 atom stereocenters. The van der Waals surface area contributed by atoms with E-state index in [4.69, 9.17) is 4.74 Å². The number of aromatic nitrogens is 1. The first-order valence-corrected chi connectivity index (χ1v) is 13.1. The summed E-state index contributed by atoms with van der Waals surface area (Å²) in [6.45, 7) is 0.507. The van der Waals surface area contributed by atoms with E-state index < -0.39 is 5.92 Å². The van der Waals surface area contributed by atoms with Gasteiger partial charge in [-0.25, -0.2) is 0 Å². The highest BCUT2D eigenvalue weighted by Gasteiger charge is 2.50. The minimum atomic E-state index is -0.407. The van der Waals surface area contributed by atoms with E-state index in [1.807, 2.05) is 71.3 Å². The number of thiazole rings is 1. The van der Waals surface area contributed by atoms with Crippen LogP contribution in [0.1, 0.15) is 32.7 Å². The third-order valence-electron chi connectivity index (χ3n) is 6.18. The molecule has 0 bridgehead atoms. The van der Waals surface area contributed by atoms with E-state index in [2.05, 4.69) is 28.1 Å². The van der Waals surface area contributed by atoms with E-state index >= 15 is 0 Å². The van der Waals surface area contributed by atoms with Gasteiger partial charge in [-0.3, -0.25) is 14.2 Å². The molecule has 0 saturated carbocycles. The molecule has 0 saturated heterocycles. The fourth-order valence-electron chi connectivity index (χ4n) is 4.70. The predicted molar refractivity (Wildman–Crippen MR) is 134 cm³/mol. The van der Waals surface area contributed by atoms with Gasteiger partial charge in [-0.05, 0) is 29.3 Å². The molecule has 0 fully saturated rings. The zero-order valence-electron chi connectivity index (χ0n) is 17.3. The Morgan fingerprint density at radius 3 is 2.42 bits per heavy atom. The third kappa shape index (κ3) is 3.59. The van der Waals surface area contributed by atoms with Crippen LogP contribution in [0.4, 0.5) is 0 Å². The zero-order chi connectivity index (χ0) is 22.5. The lowest BCUT2D eigenvalue weighted by atomic mass is 9.78. The van der Waals surface area contributed by atoms with Gasteiger partial charge in [-0.15, -0.1) is 0 Å². The molecule has 7 heteroatoms. The summed E-state index contributed by atoms with van der Waals surface area (Å²) in [5.41, 5.74) is 3.08. The molecule has 3 aromatic carbocycles. The lowest BCUT2D eigenvalue weighted by Gasteiger charge is -2.40. The van der Waals surface area contributed by atoms with Crippen molar-refractivity contribution in [3.05, 3.63) is 115 Å². The molecule has 0 spiro atoms. The van der Waals surface area contributed by atoms with Crippen molar-refractivity contribution in [1.29, 1.82) is 0 Å². The van der Waals surface area contributed by atoms with Crippen LogP contribution in [0.15, 0.2) is 93.2 Å². The minimum absolute atomic E-state index is 0.000646. The molecule has 1 aromatic heterocycles. The Morgan fingerprint density at radius 2 is 1.67 bits per heavy atom. The van der Waals surface area contributed by atoms with Crippen molar-refractivity contribution in [3.8, 4) is 5.75 Å². The molecule has 0 unspecified atom stereocenters. The van der Waals surface area contributed by atoms with Crippen molar-refractivity contribution in [1.82, 2.24) is 4.57 Å². The highest BCUT2D eigenvalue weighted by Crippen LogP contribution is 2.59. The lowest BCUT2D eigenvalue weighted by Crippen LogP contribution is -2.37. The van der Waals surface area contributed by atoms with Crippen LogP contribution in [-0.2, 0) is 11.3 Å². The van der Waals surface area contributed by atoms with Crippen molar-refractivity contribution in [2.75, 3.05) is 0 Å². The first-order valence-electron chi connectivity index (χ1n) is 10.6. The topological polar surface area (TPSA) is 48.3 Å². The SMILES string of the molecule is O=C1Oc2ccc(Br)cc2[C@@H]2c3sc(=O)n(Cc4ccccc4)c3S[C@@H](c3ccccc3)[C@H]12. The molecule has 3 heterocycles. The molecule has 2 aliphatic rings. The Kier molecular flexibility index (Phi) is 5.28. The van der Waals surface area contributed by atoms with Crippen LogP contribution in [0.2, 0.25) is 0 Å². The summed E-state index contributed by atoms with van der Waals surface area (Å²) in [4.78, 5) is 27.5. The molecule has 4 nitrogen and oxygen atoms in total. The van der Waals surface area contributed by atoms with Crippen molar-refractivity contribution < 1.29 is 9.53 Å². The van der Waals surface area contributed by atoms with Gasteiger partial charge in [0.15, 0.2) is 0 Å². The second-order valence-electron chi connectivity index (χ2n) is 8.16. The number of carbonyl (C=O) groups is 1. The second-order valence-corrected chi connectivity index (χ2v) is 11.2. The normalized spacial score (nSPS) is 21.0. The van der Waals surface area contributed by atoms with E-state index in [-0.39, 0.29) is 22.0 Å². The largest absolute Gasteiger partial charge is 0.426 e. The number of esters is 1. The monoisotopic (exact) mass is 535 g/mol. The standard InChI is InChI=1S/C26H18BrNO3S2/c27-17-11-12-19-18(13-17)20-21(25(29)31-19)22(16-9-5-2-6-10-16)32-24-23(20)33-26(30)28(24)14-15-7-3-1-4-8-15/h1-13,20-22H,14H2/t20-,21+,22-/m0/s1. The van der Waals surface area contributed by atoms with Crippen LogP contribution >= 0.6 is 39.0 Å². The number of benzene rings is 3. The molecule has 0 amide bonds. The van der Waals surface area contributed by atoms with Gasteiger partial charge in [-0.1, -0.05) is 99.7 Å². The first-order chi connectivity index (χ1) is 16.1. The molecule has 6 rings (SSSR count). The number of hydrogen-bond acceptors (Lipinski definition) is 5. The Bertz CT molecular complexity index is 1410. The fraction of sp³-hybridized carbons (Fsp3) is 0.154. The van der Waals surface area contributed by atoms with Crippen LogP contribution < -0.4 is 9.61 Å². The van der Waals surface area contributed by atoms with Gasteiger partial charge in [0.25, 0.3) is 0 Å². The average molecular weight is 536 g/mol. The van der Waals surface area contributed by atoms with Gasteiger partial charge < -0.3 is 4.74 Å². The number of nitrogens with zero attached hydrogens (tertiary/aromatic N) is 1. The summed E-state index contributed by atoms with van der Waals surface area (Å²) in [7, 11) is 0. The van der Waals surface area contributed by atoms with E-state index in [0.29, 0.717) is 12.3 Å². The summed E-state index contributed by atoms with van der Waals surface area (Å²) < 4.78 is 8.59. The van der Waals surface area contributed by atoms with Crippen LogP contribution in [-0.4, -0.2) is 10.5 Å². The second kappa shape index (κ2) is 8.31. The molecule has 0 N–H and O–H groups in total. The molecular weight excluding hydrogens is 518 g/mol. The van der Waals surface area contributed by atoms with Crippen LogP contribution in [0, 0.1) is 5.92 Å². The van der Waals surface area contributed by atoms with E-state index in [9.17, 15) is 9.59 Å². The Balaban J connectivity index is 1.57. The Hall–Kier alpha value is -2.61. The lowest BCUT2D eigenvalue weighted by molar-refractivity contribution is -0.140. The fourth-order valence-corrected chi connectivity index (χ4v) is 7.93. The smallest absolute Gasteiger partial charge is 0.316 e. The number of fused-ring (bicyclic) bond motifs is 5. The van der Waals surface area contributed by atoms with Gasteiger partial charge in [0.05, 0.1) is 22.7 Å². The molecule has 0 radical (unpaired) electrons. The Labute approximate surface area is 207 Å². The summed E-state index contributed by atoms with van der Waals surface area (Å²) in [6.07, 6.45) is 0. The number of thioether (sulfide) groups is 1. The highest BCUT2D eigenvalue weighted by atomic mass is 79.9. The maximum atomic E-state index is 13.3. The Morgan fingerprint density at radius 1 is 0.939 bits per heavy atom. The van der Waals surface area contributed by atoms with E-state index in [1.165, 1.54) is 11.3 Å². The molecular formula is C26H18BrNO3S2. The molecule has 2 aliphatic heterocycles. The number of hydrogen-bond donors (Lipinski definition) is 0. The van der Waals surface area contributed by atoms with Crippen LogP contribution in [0.5, 0.6) is 5.75 Å². The van der Waals surface area contributed by atoms with Gasteiger partial charge in [0.1, 0.15) is 5.75 Å². The molecule has 33 heavy (non-hydrogen) atoms. The molecule has 4 aromatic rings. The molecule has 164 valence electrons. The van der Waals surface area contributed by atoms with Crippen LogP contribution in [0.25, 0.3) is 0 Å².